The molecule has 31 heavy (non-hydrogen) atoms. The second kappa shape index (κ2) is 8.25. The summed E-state index contributed by atoms with van der Waals surface area (Å²) in [5.74, 6) is 0.330. The number of amides is 1. The summed E-state index contributed by atoms with van der Waals surface area (Å²) in [5, 5.41) is 11.2. The molecule has 0 aliphatic carbocycles. The number of para-hydroxylation sites is 1. The van der Waals surface area contributed by atoms with Crippen molar-refractivity contribution < 1.29 is 9.90 Å². The normalized spacial score (nSPS) is 23.6. The Morgan fingerprint density at radius 3 is 2.68 bits per heavy atom. The van der Waals surface area contributed by atoms with Gasteiger partial charge < -0.3 is 10.0 Å². The first-order chi connectivity index (χ1) is 15.2. The molecule has 2 fully saturated rings. The van der Waals surface area contributed by atoms with E-state index < -0.39 is 0 Å². The first kappa shape index (κ1) is 19.9. The van der Waals surface area contributed by atoms with E-state index in [2.05, 4.69) is 34.2 Å². The van der Waals surface area contributed by atoms with Gasteiger partial charge in [0, 0.05) is 49.7 Å². The molecule has 5 heteroatoms. The number of carbonyl (C=O) groups is 1. The maximum absolute atomic E-state index is 13.4. The van der Waals surface area contributed by atoms with Crippen molar-refractivity contribution in [2.24, 2.45) is 11.3 Å². The van der Waals surface area contributed by atoms with Gasteiger partial charge in [0.05, 0.1) is 17.7 Å². The predicted octanol–water partition coefficient (Wildman–Crippen LogP) is 3.31. The molecule has 2 atom stereocenters. The SMILES string of the molecule is O=C(c1ccnc2ccccc12)N1C[C@@H]2CN(CC=Cc3ccccc3)C[C@]2(CO)C1. The van der Waals surface area contributed by atoms with E-state index in [1.165, 1.54) is 5.56 Å². The molecule has 0 unspecified atom stereocenters. The number of benzene rings is 2. The quantitative estimate of drug-likeness (QED) is 0.697. The molecule has 0 radical (unpaired) electrons. The van der Waals surface area contributed by atoms with Gasteiger partial charge in [0.15, 0.2) is 0 Å². The molecule has 3 aromatic rings. The van der Waals surface area contributed by atoms with Crippen molar-refractivity contribution in [2.75, 3.05) is 39.3 Å². The fourth-order valence-electron chi connectivity index (χ4n) is 5.16. The van der Waals surface area contributed by atoms with E-state index in [0.717, 1.165) is 30.5 Å². The zero-order valence-electron chi connectivity index (χ0n) is 17.5. The largest absolute Gasteiger partial charge is 0.396 e. The maximum atomic E-state index is 13.4. The van der Waals surface area contributed by atoms with Crippen LogP contribution in [0.3, 0.4) is 0 Å². The number of pyridine rings is 1. The van der Waals surface area contributed by atoms with Crippen LogP contribution in [0, 0.1) is 11.3 Å². The molecule has 0 spiro atoms. The number of hydrogen-bond acceptors (Lipinski definition) is 4. The number of aliphatic hydroxyl groups excluding tert-OH is 1. The number of rotatable bonds is 5. The Kier molecular flexibility index (Phi) is 5.30. The van der Waals surface area contributed by atoms with Gasteiger partial charge in [-0.25, -0.2) is 0 Å². The number of likely N-dealkylation sites (tertiary alicyclic amines) is 2. The van der Waals surface area contributed by atoms with Crippen LogP contribution in [0.25, 0.3) is 17.0 Å². The Balaban J connectivity index is 1.28. The van der Waals surface area contributed by atoms with Crippen molar-refractivity contribution in [3.8, 4) is 0 Å². The highest BCUT2D eigenvalue weighted by Crippen LogP contribution is 2.42. The van der Waals surface area contributed by atoms with E-state index in [0.29, 0.717) is 24.6 Å². The third-order valence-corrected chi connectivity index (χ3v) is 6.78. The first-order valence-electron chi connectivity index (χ1n) is 10.9. The number of aliphatic hydroxyl groups is 1. The molecule has 0 saturated carbocycles. The summed E-state index contributed by atoms with van der Waals surface area (Å²) in [7, 11) is 0. The van der Waals surface area contributed by atoms with Crippen molar-refractivity contribution in [2.45, 2.75) is 0 Å². The van der Waals surface area contributed by atoms with Gasteiger partial charge in [-0.15, -0.1) is 0 Å². The molecule has 5 rings (SSSR count). The van der Waals surface area contributed by atoms with Crippen LogP contribution in [0.2, 0.25) is 0 Å². The van der Waals surface area contributed by atoms with Gasteiger partial charge in [0.25, 0.3) is 5.91 Å². The zero-order valence-corrected chi connectivity index (χ0v) is 17.5. The lowest BCUT2D eigenvalue weighted by molar-refractivity contribution is 0.0726. The molecule has 1 amide bonds. The van der Waals surface area contributed by atoms with Crippen LogP contribution in [0.5, 0.6) is 0 Å². The van der Waals surface area contributed by atoms with Crippen LogP contribution < -0.4 is 0 Å². The van der Waals surface area contributed by atoms with Crippen LogP contribution in [0.4, 0.5) is 0 Å². The van der Waals surface area contributed by atoms with Gasteiger partial charge in [-0.1, -0.05) is 60.7 Å². The molecular formula is C26H27N3O2. The van der Waals surface area contributed by atoms with E-state index in [-0.39, 0.29) is 17.9 Å². The highest BCUT2D eigenvalue weighted by Gasteiger charge is 2.53. The van der Waals surface area contributed by atoms with Crippen molar-refractivity contribution in [1.29, 1.82) is 0 Å². The third-order valence-electron chi connectivity index (χ3n) is 6.78. The van der Waals surface area contributed by atoms with Gasteiger partial charge in [0.2, 0.25) is 0 Å². The average Bonchev–Trinajstić information content (AvgIpc) is 3.33. The average molecular weight is 414 g/mol. The number of nitrogens with zero attached hydrogens (tertiary/aromatic N) is 3. The van der Waals surface area contributed by atoms with E-state index in [1.807, 2.05) is 53.4 Å². The molecule has 2 aliphatic rings. The Bertz CT molecular complexity index is 1110. The minimum absolute atomic E-state index is 0.0383. The van der Waals surface area contributed by atoms with Crippen LogP contribution in [-0.4, -0.2) is 65.1 Å². The first-order valence-corrected chi connectivity index (χ1v) is 10.9. The lowest BCUT2D eigenvalue weighted by atomic mass is 9.82. The molecular weight excluding hydrogens is 386 g/mol. The van der Waals surface area contributed by atoms with Gasteiger partial charge >= 0.3 is 0 Å². The summed E-state index contributed by atoms with van der Waals surface area (Å²) < 4.78 is 0. The molecule has 5 nitrogen and oxygen atoms in total. The molecule has 1 N–H and O–H groups in total. The van der Waals surface area contributed by atoms with Gasteiger partial charge in [-0.2, -0.15) is 0 Å². The number of aromatic nitrogens is 1. The summed E-state index contributed by atoms with van der Waals surface area (Å²) in [6.07, 6.45) is 6.03. The minimum atomic E-state index is -0.237. The predicted molar refractivity (Wildman–Crippen MR) is 123 cm³/mol. The maximum Gasteiger partial charge on any atom is 0.254 e. The van der Waals surface area contributed by atoms with Crippen LogP contribution in [0.15, 0.2) is 72.9 Å². The second-order valence-electron chi connectivity index (χ2n) is 8.79. The number of carbonyl (C=O) groups excluding carboxylic acids is 1. The molecule has 2 aromatic carbocycles. The van der Waals surface area contributed by atoms with Crippen molar-refractivity contribution in [1.82, 2.24) is 14.8 Å². The van der Waals surface area contributed by atoms with Crippen LogP contribution in [0.1, 0.15) is 15.9 Å². The van der Waals surface area contributed by atoms with Crippen molar-refractivity contribution in [3.05, 3.63) is 84.1 Å². The van der Waals surface area contributed by atoms with Gasteiger partial charge in [-0.05, 0) is 23.6 Å². The second-order valence-corrected chi connectivity index (χ2v) is 8.79. The zero-order chi connectivity index (χ0) is 21.3. The Labute approximate surface area is 182 Å². The molecule has 158 valence electrons. The van der Waals surface area contributed by atoms with Gasteiger partial charge in [0.1, 0.15) is 0 Å². The minimum Gasteiger partial charge on any atom is -0.396 e. The fraction of sp³-hybridized carbons (Fsp3) is 0.308. The molecule has 0 bridgehead atoms. The Morgan fingerprint density at radius 2 is 1.87 bits per heavy atom. The van der Waals surface area contributed by atoms with E-state index in [1.54, 1.807) is 6.20 Å². The van der Waals surface area contributed by atoms with Crippen molar-refractivity contribution >= 4 is 22.9 Å². The number of fused-ring (bicyclic) bond motifs is 2. The molecule has 2 aliphatic heterocycles. The van der Waals surface area contributed by atoms with Crippen LogP contribution in [-0.2, 0) is 0 Å². The van der Waals surface area contributed by atoms with Gasteiger partial charge in [-0.3, -0.25) is 14.7 Å². The lowest BCUT2D eigenvalue weighted by Crippen LogP contribution is -2.39. The number of hydrogen-bond donors (Lipinski definition) is 1. The highest BCUT2D eigenvalue weighted by atomic mass is 16.3. The fourth-order valence-corrected chi connectivity index (χ4v) is 5.16. The summed E-state index contributed by atoms with van der Waals surface area (Å²) in [4.78, 5) is 22.1. The van der Waals surface area contributed by atoms with Crippen LogP contribution >= 0.6 is 0 Å². The van der Waals surface area contributed by atoms with E-state index >= 15 is 0 Å². The smallest absolute Gasteiger partial charge is 0.254 e. The lowest BCUT2D eigenvalue weighted by Gasteiger charge is -2.27. The third kappa shape index (κ3) is 3.75. The van der Waals surface area contributed by atoms with E-state index in [9.17, 15) is 9.90 Å². The van der Waals surface area contributed by atoms with Crippen molar-refractivity contribution in [3.63, 3.8) is 0 Å². The highest BCUT2D eigenvalue weighted by molar-refractivity contribution is 6.06. The topological polar surface area (TPSA) is 56.7 Å². The summed E-state index contributed by atoms with van der Waals surface area (Å²) in [5.41, 5.74) is 2.49. The Morgan fingerprint density at radius 1 is 1.06 bits per heavy atom. The molecule has 2 saturated heterocycles. The summed E-state index contributed by atoms with van der Waals surface area (Å²) in [6, 6.07) is 19.9. The Hall–Kier alpha value is -3.02. The standard InChI is InChI=1S/C26H27N3O2/c30-19-26-17-28(14-6-9-20-7-2-1-3-8-20)15-21(26)16-29(18-26)25(31)23-12-13-27-24-11-5-4-10-22(23)24/h1-13,21,30H,14-19H2/t21-,26+/m0/s1. The van der Waals surface area contributed by atoms with E-state index in [4.69, 9.17) is 0 Å². The molecule has 3 heterocycles. The summed E-state index contributed by atoms with van der Waals surface area (Å²) in [6.45, 7) is 3.97. The molecule has 1 aromatic heterocycles. The monoisotopic (exact) mass is 413 g/mol. The summed E-state index contributed by atoms with van der Waals surface area (Å²) >= 11 is 0.